The molecule has 2 nitrogen and oxygen atoms in total. The molecule has 0 N–H and O–H groups in total. The smallest absolute Gasteiger partial charge is 0.0714 e. The van der Waals surface area contributed by atoms with E-state index in [9.17, 15) is 0 Å². The van der Waals surface area contributed by atoms with Crippen LogP contribution in [0.4, 0.5) is 0 Å². The Hall–Kier alpha value is -6.12. The van der Waals surface area contributed by atoms with Gasteiger partial charge in [0.15, 0.2) is 0 Å². The van der Waals surface area contributed by atoms with Gasteiger partial charge in [-0.3, -0.25) is 9.97 Å². The van der Waals surface area contributed by atoms with Crippen LogP contribution in [0.5, 0.6) is 0 Å². The molecule has 0 aliphatic heterocycles. The highest BCUT2D eigenvalue weighted by Crippen LogP contribution is 2.58. The fourth-order valence-corrected chi connectivity index (χ4v) is 7.70. The maximum Gasteiger partial charge on any atom is 0.0714 e. The monoisotopic (exact) mass is 582 g/mol. The normalized spacial score (nSPS) is 11.9. The van der Waals surface area contributed by atoms with Gasteiger partial charge in [0.1, 0.15) is 0 Å². The Morgan fingerprint density at radius 1 is 0.326 bits per heavy atom. The first-order valence-electron chi connectivity index (χ1n) is 15.7. The van der Waals surface area contributed by atoms with E-state index in [1.54, 1.807) is 0 Å². The van der Waals surface area contributed by atoms with E-state index in [1.807, 2.05) is 24.5 Å². The van der Waals surface area contributed by atoms with Crippen molar-refractivity contribution >= 4 is 43.1 Å². The van der Waals surface area contributed by atoms with Crippen LogP contribution in [0.25, 0.3) is 99.0 Å². The van der Waals surface area contributed by atoms with Gasteiger partial charge >= 0.3 is 0 Å². The van der Waals surface area contributed by atoms with E-state index < -0.39 is 0 Å². The summed E-state index contributed by atoms with van der Waals surface area (Å²) in [5.41, 5.74) is 11.7. The molecule has 0 unspecified atom stereocenters. The lowest BCUT2D eigenvalue weighted by Crippen LogP contribution is -1.96. The van der Waals surface area contributed by atoms with E-state index in [4.69, 9.17) is 9.97 Å². The number of rotatable bonds is 3. The lowest BCUT2D eigenvalue weighted by molar-refractivity contribution is 1.33. The molecule has 2 heterocycles. The second kappa shape index (κ2) is 9.69. The molecule has 212 valence electrons. The number of nitrogens with zero attached hydrogens (tertiary/aromatic N) is 2. The van der Waals surface area contributed by atoms with Crippen molar-refractivity contribution in [2.45, 2.75) is 0 Å². The molecule has 1 aliphatic rings. The van der Waals surface area contributed by atoms with Crippen LogP contribution in [0.2, 0.25) is 0 Å². The van der Waals surface area contributed by atoms with Crippen LogP contribution in [0, 0.1) is 0 Å². The summed E-state index contributed by atoms with van der Waals surface area (Å²) in [6.07, 6.45) is 3.81. The van der Waals surface area contributed by atoms with E-state index in [1.165, 1.54) is 87.6 Å². The summed E-state index contributed by atoms with van der Waals surface area (Å²) < 4.78 is 0. The van der Waals surface area contributed by atoms with Crippen molar-refractivity contribution < 1.29 is 0 Å². The second-order valence-corrected chi connectivity index (χ2v) is 12.1. The number of hydrogen-bond acceptors (Lipinski definition) is 2. The first kappa shape index (κ1) is 25.2. The molecular formula is C44H26N2. The third-order valence-electron chi connectivity index (χ3n) is 9.66. The highest BCUT2D eigenvalue weighted by atomic mass is 14.7. The van der Waals surface area contributed by atoms with Gasteiger partial charge in [0.05, 0.1) is 11.4 Å². The van der Waals surface area contributed by atoms with E-state index in [0.29, 0.717) is 0 Å². The van der Waals surface area contributed by atoms with Gasteiger partial charge in [0, 0.05) is 34.6 Å². The standard InChI is InChI=1S/C44H26N2/c1-2-11-28-24-29(19-18-27(28)10-1)30-20-21-34-36(25-30)42(39-17-6-8-23-46-39)44-37-26-31-12-3-4-13-32(31)33-14-9-15-35(40(33)37)43(44)41(34)38-16-5-7-22-45-38/h1-26H. The minimum atomic E-state index is 0.973. The molecule has 0 saturated heterocycles. The van der Waals surface area contributed by atoms with Crippen molar-refractivity contribution in [2.24, 2.45) is 0 Å². The molecule has 0 saturated carbocycles. The molecule has 7 aromatic carbocycles. The number of fused-ring (bicyclic) bond motifs is 7. The first-order chi connectivity index (χ1) is 22.8. The zero-order valence-corrected chi connectivity index (χ0v) is 24.9. The van der Waals surface area contributed by atoms with Gasteiger partial charge < -0.3 is 0 Å². The van der Waals surface area contributed by atoms with Crippen molar-refractivity contribution in [1.82, 2.24) is 9.97 Å². The fraction of sp³-hybridized carbons (Fsp3) is 0. The van der Waals surface area contributed by atoms with E-state index >= 15 is 0 Å². The summed E-state index contributed by atoms with van der Waals surface area (Å²) >= 11 is 0. The van der Waals surface area contributed by atoms with Gasteiger partial charge in [-0.05, 0) is 108 Å². The minimum absolute atomic E-state index is 0.973. The van der Waals surface area contributed by atoms with E-state index in [0.717, 1.165) is 11.4 Å². The first-order valence-corrected chi connectivity index (χ1v) is 15.7. The van der Waals surface area contributed by atoms with Gasteiger partial charge in [-0.1, -0.05) is 103 Å². The predicted molar refractivity (Wildman–Crippen MR) is 193 cm³/mol. The van der Waals surface area contributed by atoms with Crippen LogP contribution in [0.3, 0.4) is 0 Å². The average Bonchev–Trinajstić information content (AvgIpc) is 3.45. The van der Waals surface area contributed by atoms with Gasteiger partial charge in [-0.2, -0.15) is 0 Å². The van der Waals surface area contributed by atoms with Crippen LogP contribution in [-0.4, -0.2) is 9.97 Å². The fourth-order valence-electron chi connectivity index (χ4n) is 7.70. The maximum atomic E-state index is 5.00. The van der Waals surface area contributed by atoms with Crippen LogP contribution >= 0.6 is 0 Å². The number of aromatic nitrogens is 2. The topological polar surface area (TPSA) is 25.8 Å². The minimum Gasteiger partial charge on any atom is -0.256 e. The molecule has 2 heteroatoms. The predicted octanol–water partition coefficient (Wildman–Crippen LogP) is 11.7. The van der Waals surface area contributed by atoms with Crippen LogP contribution in [0.15, 0.2) is 158 Å². The summed E-state index contributed by atoms with van der Waals surface area (Å²) in [4.78, 5) is 9.96. The van der Waals surface area contributed by atoms with Gasteiger partial charge in [0.2, 0.25) is 0 Å². The zero-order chi connectivity index (χ0) is 30.2. The molecule has 0 spiro atoms. The molecule has 0 atom stereocenters. The van der Waals surface area contributed by atoms with E-state index in [2.05, 4.69) is 133 Å². The highest BCUT2D eigenvalue weighted by molar-refractivity contribution is 6.30. The highest BCUT2D eigenvalue weighted by Gasteiger charge is 2.32. The summed E-state index contributed by atoms with van der Waals surface area (Å²) in [6.45, 7) is 0. The third kappa shape index (κ3) is 3.59. The average molecular weight is 583 g/mol. The number of pyridine rings is 2. The molecule has 0 amide bonds. The molecule has 46 heavy (non-hydrogen) atoms. The molecule has 9 aromatic rings. The molecular weight excluding hydrogens is 556 g/mol. The molecule has 0 bridgehead atoms. The Kier molecular flexibility index (Phi) is 5.31. The van der Waals surface area contributed by atoms with Gasteiger partial charge in [-0.25, -0.2) is 0 Å². The molecule has 0 fully saturated rings. The Morgan fingerprint density at radius 3 is 1.74 bits per heavy atom. The van der Waals surface area contributed by atoms with Crippen LogP contribution < -0.4 is 0 Å². The Labute approximate surface area is 266 Å². The van der Waals surface area contributed by atoms with Gasteiger partial charge in [-0.15, -0.1) is 0 Å². The summed E-state index contributed by atoms with van der Waals surface area (Å²) in [7, 11) is 0. The lowest BCUT2D eigenvalue weighted by atomic mass is 9.83. The molecule has 1 aliphatic carbocycles. The molecule has 2 aromatic heterocycles. The summed E-state index contributed by atoms with van der Waals surface area (Å²) in [5.74, 6) is 0. The summed E-state index contributed by atoms with van der Waals surface area (Å²) in [6, 6.07) is 52.6. The van der Waals surface area contributed by atoms with Crippen molar-refractivity contribution in [1.29, 1.82) is 0 Å². The number of hydrogen-bond donors (Lipinski definition) is 0. The maximum absolute atomic E-state index is 5.00. The van der Waals surface area contributed by atoms with Crippen LogP contribution in [0.1, 0.15) is 0 Å². The van der Waals surface area contributed by atoms with Gasteiger partial charge in [0.25, 0.3) is 0 Å². The zero-order valence-electron chi connectivity index (χ0n) is 24.9. The Bertz CT molecular complexity index is 2670. The van der Waals surface area contributed by atoms with Crippen LogP contribution in [-0.2, 0) is 0 Å². The Balaban J connectivity index is 1.40. The van der Waals surface area contributed by atoms with Crippen molar-refractivity contribution in [3.05, 3.63) is 158 Å². The quantitative estimate of drug-likeness (QED) is 0.194. The second-order valence-electron chi connectivity index (χ2n) is 12.1. The Morgan fingerprint density at radius 2 is 0.957 bits per heavy atom. The van der Waals surface area contributed by atoms with Crippen molar-refractivity contribution in [3.8, 4) is 55.9 Å². The number of benzene rings is 7. The third-order valence-corrected chi connectivity index (χ3v) is 9.66. The van der Waals surface area contributed by atoms with E-state index in [-0.39, 0.29) is 0 Å². The largest absolute Gasteiger partial charge is 0.256 e. The lowest BCUT2D eigenvalue weighted by Gasteiger charge is -2.20. The van der Waals surface area contributed by atoms with Crippen molar-refractivity contribution in [3.63, 3.8) is 0 Å². The SMILES string of the molecule is c1ccc(-c2c3c(c(-c4ccccn4)c4cc(-c5ccc6ccccc6c5)ccc24)-c2cc4ccccc4c4cccc-3c24)nc1. The van der Waals surface area contributed by atoms with Crippen molar-refractivity contribution in [2.75, 3.05) is 0 Å². The summed E-state index contributed by atoms with van der Waals surface area (Å²) in [5, 5.41) is 9.94. The molecule has 10 rings (SSSR count). The molecule has 0 radical (unpaired) electrons.